The van der Waals surface area contributed by atoms with Crippen molar-refractivity contribution < 1.29 is 9.31 Å². The molecule has 0 aliphatic rings. The Kier molecular flexibility index (Phi) is 7.42. The Morgan fingerprint density at radius 2 is 2.06 bits per heavy atom. The molecule has 4 N–H and O–H groups in total. The first kappa shape index (κ1) is 16.8. The number of rotatable bonds is 6. The van der Waals surface area contributed by atoms with Crippen LogP contribution in [0.2, 0.25) is 0 Å². The number of halogens is 2. The highest BCUT2D eigenvalue weighted by atomic mass is 35.5. The van der Waals surface area contributed by atoms with E-state index in [4.69, 9.17) is 11.5 Å². The van der Waals surface area contributed by atoms with Crippen LogP contribution in [-0.4, -0.2) is 11.5 Å². The van der Waals surface area contributed by atoms with Gasteiger partial charge in [0.05, 0.1) is 4.92 Å². The first-order valence-corrected chi connectivity index (χ1v) is 5.45. The summed E-state index contributed by atoms with van der Waals surface area (Å²) in [6.45, 7) is 0.594. The quantitative estimate of drug-likeness (QED) is 0.474. The van der Waals surface area contributed by atoms with Gasteiger partial charge in [-0.1, -0.05) is 12.5 Å². The molecule has 1 aromatic rings. The number of nitrogens with zero attached hydrogens (tertiary/aromatic N) is 1. The molecule has 0 spiro atoms. The Bertz CT molecular complexity index is 404. The molecule has 0 aliphatic heterocycles. The average molecular weight is 278 g/mol. The van der Waals surface area contributed by atoms with Crippen molar-refractivity contribution in [1.29, 1.82) is 0 Å². The summed E-state index contributed by atoms with van der Waals surface area (Å²) in [5, 5.41) is 10.6. The van der Waals surface area contributed by atoms with Crippen LogP contribution in [0.15, 0.2) is 18.2 Å². The van der Waals surface area contributed by atoms with Crippen molar-refractivity contribution >= 4 is 18.1 Å². The molecule has 5 nitrogen and oxygen atoms in total. The van der Waals surface area contributed by atoms with Gasteiger partial charge in [0.15, 0.2) is 0 Å². The molecule has 0 saturated carbocycles. The summed E-state index contributed by atoms with van der Waals surface area (Å²) in [5.74, 6) is -0.840. The van der Waals surface area contributed by atoms with E-state index in [-0.39, 0.29) is 18.4 Å². The summed E-state index contributed by atoms with van der Waals surface area (Å²) >= 11 is 0. The summed E-state index contributed by atoms with van der Waals surface area (Å²) in [6.07, 6.45) is 2.39. The number of unbranched alkanes of at least 4 members (excludes halogenated alkanes) is 1. The van der Waals surface area contributed by atoms with Crippen molar-refractivity contribution in [3.63, 3.8) is 0 Å². The molecular weight excluding hydrogens is 261 g/mol. The first-order chi connectivity index (χ1) is 8.06. The summed E-state index contributed by atoms with van der Waals surface area (Å²) < 4.78 is 13.1. The molecule has 0 heterocycles. The zero-order valence-corrected chi connectivity index (χ0v) is 10.7. The van der Waals surface area contributed by atoms with E-state index in [9.17, 15) is 14.5 Å². The number of hydrogen-bond donors (Lipinski definition) is 2. The van der Waals surface area contributed by atoms with Crippen molar-refractivity contribution in [2.75, 3.05) is 6.54 Å². The third-order valence-electron chi connectivity index (χ3n) is 2.56. The zero-order valence-electron chi connectivity index (χ0n) is 9.84. The lowest BCUT2D eigenvalue weighted by Crippen LogP contribution is -2.11. The van der Waals surface area contributed by atoms with Crippen LogP contribution >= 0.6 is 12.4 Å². The lowest BCUT2D eigenvalue weighted by atomic mass is 10.0. The first-order valence-electron chi connectivity index (χ1n) is 5.45. The Hall–Kier alpha value is -1.24. The van der Waals surface area contributed by atoms with Gasteiger partial charge >= 0.3 is 5.69 Å². The third-order valence-corrected chi connectivity index (χ3v) is 2.56. The maximum Gasteiger partial charge on any atom is 0.305 e. The van der Waals surface area contributed by atoms with E-state index >= 15 is 0 Å². The predicted molar refractivity (Wildman–Crippen MR) is 70.1 cm³/mol. The van der Waals surface area contributed by atoms with Crippen LogP contribution in [0.3, 0.4) is 0 Å². The van der Waals surface area contributed by atoms with Crippen molar-refractivity contribution in [3.8, 4) is 0 Å². The van der Waals surface area contributed by atoms with Crippen LogP contribution in [0, 0.1) is 15.9 Å². The van der Waals surface area contributed by atoms with Crippen molar-refractivity contribution in [2.24, 2.45) is 11.5 Å². The van der Waals surface area contributed by atoms with E-state index in [0.717, 1.165) is 18.9 Å². The van der Waals surface area contributed by atoms with Crippen LogP contribution < -0.4 is 11.5 Å². The second kappa shape index (κ2) is 7.97. The molecule has 0 unspecified atom stereocenters. The monoisotopic (exact) mass is 277 g/mol. The highest BCUT2D eigenvalue weighted by Gasteiger charge is 2.16. The Balaban J connectivity index is 0.00000289. The van der Waals surface area contributed by atoms with Gasteiger partial charge in [0.1, 0.15) is 0 Å². The molecule has 102 valence electrons. The Morgan fingerprint density at radius 3 is 2.61 bits per heavy atom. The van der Waals surface area contributed by atoms with E-state index < -0.39 is 16.4 Å². The molecule has 1 rings (SSSR count). The fourth-order valence-corrected chi connectivity index (χ4v) is 1.58. The second-order valence-corrected chi connectivity index (χ2v) is 3.86. The van der Waals surface area contributed by atoms with Gasteiger partial charge in [-0.3, -0.25) is 10.1 Å². The minimum absolute atomic E-state index is 0. The molecule has 0 aromatic heterocycles. The predicted octanol–water partition coefficient (Wildman–Crippen LogP) is 2.28. The van der Waals surface area contributed by atoms with Crippen LogP contribution in [0.25, 0.3) is 0 Å². The molecule has 0 amide bonds. The van der Waals surface area contributed by atoms with E-state index in [1.165, 1.54) is 12.1 Å². The van der Waals surface area contributed by atoms with Gasteiger partial charge in [-0.15, -0.1) is 12.4 Å². The van der Waals surface area contributed by atoms with Gasteiger partial charge in [0.25, 0.3) is 0 Å². The summed E-state index contributed by atoms with van der Waals surface area (Å²) in [5.41, 5.74) is 11.3. The van der Waals surface area contributed by atoms with Crippen molar-refractivity contribution in [3.05, 3.63) is 39.7 Å². The summed E-state index contributed by atoms with van der Waals surface area (Å²) in [6, 6.07) is 3.44. The van der Waals surface area contributed by atoms with E-state index in [1.54, 1.807) is 0 Å². The van der Waals surface area contributed by atoms with Gasteiger partial charge in [0.2, 0.25) is 5.82 Å². The maximum absolute atomic E-state index is 13.1. The lowest BCUT2D eigenvalue weighted by Gasteiger charge is -2.11. The smallest absolute Gasteiger partial charge is 0.305 e. The molecule has 1 atom stereocenters. The normalized spacial score (nSPS) is 11.7. The molecular formula is C11H17ClFN3O2. The zero-order chi connectivity index (χ0) is 12.8. The van der Waals surface area contributed by atoms with E-state index in [2.05, 4.69) is 0 Å². The molecule has 0 saturated heterocycles. The van der Waals surface area contributed by atoms with Gasteiger partial charge in [0, 0.05) is 12.1 Å². The highest BCUT2D eigenvalue weighted by molar-refractivity contribution is 5.85. The second-order valence-electron chi connectivity index (χ2n) is 3.86. The highest BCUT2D eigenvalue weighted by Crippen LogP contribution is 2.24. The molecule has 7 heteroatoms. The number of nitro benzene ring substituents is 1. The number of benzene rings is 1. The number of nitrogens with two attached hydrogens (primary N) is 2. The Labute approximate surface area is 111 Å². The third kappa shape index (κ3) is 4.56. The topological polar surface area (TPSA) is 95.2 Å². The van der Waals surface area contributed by atoms with Gasteiger partial charge in [-0.25, -0.2) is 0 Å². The fraction of sp³-hybridized carbons (Fsp3) is 0.455. The van der Waals surface area contributed by atoms with Crippen LogP contribution in [-0.2, 0) is 0 Å². The standard InChI is InChI=1S/C11H16FN3O2.ClH/c12-9-5-4-8(7-11(9)15(16)17)10(14)3-1-2-6-13;/h4-5,7,10H,1-3,6,13-14H2;1H/t10-;/m1./s1. The van der Waals surface area contributed by atoms with Crippen LogP contribution in [0.1, 0.15) is 30.9 Å². The minimum Gasteiger partial charge on any atom is -0.330 e. The lowest BCUT2D eigenvalue weighted by molar-refractivity contribution is -0.387. The average Bonchev–Trinajstić information content (AvgIpc) is 2.29. The fourth-order valence-electron chi connectivity index (χ4n) is 1.58. The van der Waals surface area contributed by atoms with Crippen molar-refractivity contribution in [2.45, 2.75) is 25.3 Å². The summed E-state index contributed by atoms with van der Waals surface area (Å²) in [4.78, 5) is 9.82. The van der Waals surface area contributed by atoms with Crippen molar-refractivity contribution in [1.82, 2.24) is 0 Å². The summed E-state index contributed by atoms with van der Waals surface area (Å²) in [7, 11) is 0. The number of nitro groups is 1. The molecule has 0 aliphatic carbocycles. The number of hydrogen-bond acceptors (Lipinski definition) is 4. The van der Waals surface area contributed by atoms with Crippen LogP contribution in [0.4, 0.5) is 10.1 Å². The molecule has 18 heavy (non-hydrogen) atoms. The SMILES string of the molecule is Cl.NCCCC[C@@H](N)c1ccc(F)c([N+](=O)[O-])c1. The maximum atomic E-state index is 13.1. The molecule has 1 aromatic carbocycles. The van der Waals surface area contributed by atoms with E-state index in [1.807, 2.05) is 0 Å². The van der Waals surface area contributed by atoms with Gasteiger partial charge in [-0.05, 0) is 31.0 Å². The Morgan fingerprint density at radius 1 is 1.39 bits per heavy atom. The van der Waals surface area contributed by atoms with Gasteiger partial charge < -0.3 is 11.5 Å². The van der Waals surface area contributed by atoms with Gasteiger partial charge in [-0.2, -0.15) is 4.39 Å². The van der Waals surface area contributed by atoms with Crippen LogP contribution in [0.5, 0.6) is 0 Å². The molecule has 0 bridgehead atoms. The van der Waals surface area contributed by atoms with E-state index in [0.29, 0.717) is 18.5 Å². The molecule has 0 fully saturated rings. The minimum atomic E-state index is -0.840. The largest absolute Gasteiger partial charge is 0.330 e. The molecule has 0 radical (unpaired) electrons.